The number of hydrogen-bond donors (Lipinski definition) is 0. The monoisotopic (exact) mass is 244 g/mol. The maximum Gasteiger partial charge on any atom is 0.106 e. The van der Waals surface area contributed by atoms with E-state index < -0.39 is 0 Å². The molecule has 2 aromatic heterocycles. The zero-order valence-electron chi connectivity index (χ0n) is 11.2. The normalized spacial score (nSPS) is 14.8. The third-order valence-corrected chi connectivity index (χ3v) is 3.88. The van der Waals surface area contributed by atoms with Gasteiger partial charge >= 0.3 is 0 Å². The Bertz CT molecular complexity index is 550. The average molecular weight is 244 g/mol. The quantitative estimate of drug-likeness (QED) is 0.830. The summed E-state index contributed by atoms with van der Waals surface area (Å²) in [7, 11) is 0. The van der Waals surface area contributed by atoms with Crippen molar-refractivity contribution in [1.82, 2.24) is 19.1 Å². The molecule has 0 aromatic carbocycles. The lowest BCUT2D eigenvalue weighted by Gasteiger charge is -2.15. The lowest BCUT2D eigenvalue weighted by Crippen LogP contribution is -2.12. The van der Waals surface area contributed by atoms with Gasteiger partial charge in [0.2, 0.25) is 0 Å². The molecule has 1 aliphatic carbocycles. The van der Waals surface area contributed by atoms with E-state index in [1.165, 1.54) is 36.3 Å². The largest absolute Gasteiger partial charge is 0.333 e. The molecule has 0 bridgehead atoms. The van der Waals surface area contributed by atoms with Gasteiger partial charge in [-0.25, -0.2) is 9.97 Å². The Morgan fingerprint density at radius 1 is 1.28 bits per heavy atom. The van der Waals surface area contributed by atoms with Crippen molar-refractivity contribution in [2.75, 3.05) is 0 Å². The van der Waals surface area contributed by atoms with Crippen molar-refractivity contribution in [3.8, 4) is 0 Å². The summed E-state index contributed by atoms with van der Waals surface area (Å²) in [6, 6.07) is 0. The van der Waals surface area contributed by atoms with Crippen LogP contribution in [0.4, 0.5) is 0 Å². The highest BCUT2D eigenvalue weighted by atomic mass is 15.1. The standard InChI is InChI=1S/C14H20N4/c1-3-17-10-15-8-12(17)9-18-11(2)16-13-6-4-5-7-14(13)18/h8,10H,3-7,9H2,1-2H3. The number of hydrogen-bond acceptors (Lipinski definition) is 2. The van der Waals surface area contributed by atoms with Crippen molar-refractivity contribution in [3.05, 3.63) is 35.4 Å². The van der Waals surface area contributed by atoms with Crippen molar-refractivity contribution in [2.45, 2.75) is 52.6 Å². The highest BCUT2D eigenvalue weighted by Crippen LogP contribution is 2.22. The Morgan fingerprint density at radius 3 is 2.94 bits per heavy atom. The van der Waals surface area contributed by atoms with Crippen LogP contribution < -0.4 is 0 Å². The number of aryl methyl sites for hydroxylation is 3. The number of rotatable bonds is 3. The van der Waals surface area contributed by atoms with Crippen molar-refractivity contribution in [3.63, 3.8) is 0 Å². The van der Waals surface area contributed by atoms with E-state index in [2.05, 4.69) is 28.0 Å². The van der Waals surface area contributed by atoms with Crippen LogP contribution in [0.1, 0.15) is 42.7 Å². The van der Waals surface area contributed by atoms with Crippen LogP contribution in [0.25, 0.3) is 0 Å². The molecule has 0 N–H and O–H groups in total. The van der Waals surface area contributed by atoms with Gasteiger partial charge in [-0.3, -0.25) is 0 Å². The molecule has 4 nitrogen and oxygen atoms in total. The summed E-state index contributed by atoms with van der Waals surface area (Å²) in [5.41, 5.74) is 4.04. The zero-order valence-corrected chi connectivity index (χ0v) is 11.2. The second-order valence-electron chi connectivity index (χ2n) is 5.02. The maximum absolute atomic E-state index is 4.72. The van der Waals surface area contributed by atoms with Crippen LogP contribution in [0.2, 0.25) is 0 Å². The summed E-state index contributed by atoms with van der Waals surface area (Å²) in [5, 5.41) is 0. The first-order valence-electron chi connectivity index (χ1n) is 6.83. The highest BCUT2D eigenvalue weighted by Gasteiger charge is 2.18. The summed E-state index contributed by atoms with van der Waals surface area (Å²) in [5.74, 6) is 1.14. The van der Waals surface area contributed by atoms with Crippen LogP contribution in [0.5, 0.6) is 0 Å². The second kappa shape index (κ2) is 4.59. The van der Waals surface area contributed by atoms with Gasteiger partial charge in [0.25, 0.3) is 0 Å². The van der Waals surface area contributed by atoms with E-state index in [4.69, 9.17) is 4.98 Å². The van der Waals surface area contributed by atoms with E-state index in [9.17, 15) is 0 Å². The molecular formula is C14H20N4. The summed E-state index contributed by atoms with van der Waals surface area (Å²) in [6.45, 7) is 6.15. The van der Waals surface area contributed by atoms with Gasteiger partial charge in [0.15, 0.2) is 0 Å². The smallest absolute Gasteiger partial charge is 0.106 e. The molecule has 0 unspecified atom stereocenters. The first kappa shape index (κ1) is 11.5. The number of imidazole rings is 2. The SMILES string of the molecule is CCn1cncc1Cn1c(C)nc2c1CCCC2. The Hall–Kier alpha value is -1.58. The van der Waals surface area contributed by atoms with E-state index in [-0.39, 0.29) is 0 Å². The maximum atomic E-state index is 4.72. The Kier molecular flexibility index (Phi) is 2.94. The summed E-state index contributed by atoms with van der Waals surface area (Å²) in [4.78, 5) is 8.96. The number of fused-ring (bicyclic) bond motifs is 1. The molecule has 0 amide bonds. The Morgan fingerprint density at radius 2 is 2.11 bits per heavy atom. The molecular weight excluding hydrogens is 224 g/mol. The molecule has 0 fully saturated rings. The zero-order chi connectivity index (χ0) is 12.5. The molecule has 0 saturated heterocycles. The van der Waals surface area contributed by atoms with E-state index >= 15 is 0 Å². The van der Waals surface area contributed by atoms with Crippen LogP contribution in [-0.4, -0.2) is 19.1 Å². The van der Waals surface area contributed by atoms with Gasteiger partial charge in [0.1, 0.15) is 5.82 Å². The molecule has 18 heavy (non-hydrogen) atoms. The molecule has 0 spiro atoms. The van der Waals surface area contributed by atoms with Gasteiger partial charge in [0, 0.05) is 18.4 Å². The fourth-order valence-electron chi connectivity index (χ4n) is 2.87. The first-order chi connectivity index (χ1) is 8.79. The van der Waals surface area contributed by atoms with Gasteiger partial charge < -0.3 is 9.13 Å². The minimum Gasteiger partial charge on any atom is -0.333 e. The minimum atomic E-state index is 0.905. The van der Waals surface area contributed by atoms with Crippen LogP contribution >= 0.6 is 0 Å². The Balaban J connectivity index is 1.95. The van der Waals surface area contributed by atoms with E-state index in [0.29, 0.717) is 0 Å². The van der Waals surface area contributed by atoms with Gasteiger partial charge in [-0.1, -0.05) is 0 Å². The fourth-order valence-corrected chi connectivity index (χ4v) is 2.87. The molecule has 96 valence electrons. The van der Waals surface area contributed by atoms with Gasteiger partial charge in [-0.05, 0) is 39.5 Å². The predicted molar refractivity (Wildman–Crippen MR) is 70.6 cm³/mol. The topological polar surface area (TPSA) is 35.6 Å². The number of nitrogens with zero attached hydrogens (tertiary/aromatic N) is 4. The van der Waals surface area contributed by atoms with Crippen molar-refractivity contribution in [2.24, 2.45) is 0 Å². The van der Waals surface area contributed by atoms with Crippen LogP contribution in [0, 0.1) is 6.92 Å². The molecule has 0 saturated carbocycles. The molecule has 1 aliphatic rings. The third-order valence-electron chi connectivity index (χ3n) is 3.88. The molecule has 4 heteroatoms. The van der Waals surface area contributed by atoms with Gasteiger partial charge in [-0.15, -0.1) is 0 Å². The molecule has 0 atom stereocenters. The summed E-state index contributed by atoms with van der Waals surface area (Å²) < 4.78 is 4.58. The van der Waals surface area contributed by atoms with Crippen LogP contribution in [0.15, 0.2) is 12.5 Å². The van der Waals surface area contributed by atoms with Crippen molar-refractivity contribution >= 4 is 0 Å². The lowest BCUT2D eigenvalue weighted by atomic mass is 10.0. The van der Waals surface area contributed by atoms with Crippen LogP contribution in [0.3, 0.4) is 0 Å². The molecule has 0 aliphatic heterocycles. The first-order valence-corrected chi connectivity index (χ1v) is 6.83. The highest BCUT2D eigenvalue weighted by molar-refractivity contribution is 5.21. The fraction of sp³-hybridized carbons (Fsp3) is 0.571. The summed E-state index contributed by atoms with van der Waals surface area (Å²) in [6.07, 6.45) is 8.79. The predicted octanol–water partition coefficient (Wildman–Crippen LogP) is 2.34. The van der Waals surface area contributed by atoms with Gasteiger partial charge in [-0.2, -0.15) is 0 Å². The number of aromatic nitrogens is 4. The molecule has 2 heterocycles. The van der Waals surface area contributed by atoms with E-state index in [0.717, 1.165) is 25.3 Å². The van der Waals surface area contributed by atoms with E-state index in [1.807, 2.05) is 12.5 Å². The van der Waals surface area contributed by atoms with Gasteiger partial charge in [0.05, 0.1) is 24.3 Å². The lowest BCUT2D eigenvalue weighted by molar-refractivity contribution is 0.603. The summed E-state index contributed by atoms with van der Waals surface area (Å²) >= 11 is 0. The minimum absolute atomic E-state index is 0.905. The molecule has 3 rings (SSSR count). The Labute approximate surface area is 108 Å². The average Bonchev–Trinajstić information content (AvgIpc) is 2.95. The third kappa shape index (κ3) is 1.85. The van der Waals surface area contributed by atoms with Crippen molar-refractivity contribution in [1.29, 1.82) is 0 Å². The molecule has 0 radical (unpaired) electrons. The van der Waals surface area contributed by atoms with Crippen molar-refractivity contribution < 1.29 is 0 Å². The molecule has 2 aromatic rings. The second-order valence-corrected chi connectivity index (χ2v) is 5.02. The van der Waals surface area contributed by atoms with E-state index in [1.54, 1.807) is 0 Å². The van der Waals surface area contributed by atoms with Crippen LogP contribution in [-0.2, 0) is 25.9 Å².